The van der Waals surface area contributed by atoms with Gasteiger partial charge in [-0.3, -0.25) is 9.59 Å². The van der Waals surface area contributed by atoms with Crippen LogP contribution in [0.3, 0.4) is 0 Å². The van der Waals surface area contributed by atoms with Crippen LogP contribution in [0.4, 0.5) is 0 Å². The lowest BCUT2D eigenvalue weighted by Gasteiger charge is -2.55. The van der Waals surface area contributed by atoms with Crippen LogP contribution in [0.1, 0.15) is 85.0 Å². The monoisotopic (exact) mass is 559 g/mol. The Morgan fingerprint density at radius 3 is 2.40 bits per heavy atom. The van der Waals surface area contributed by atoms with Crippen LogP contribution in [0.2, 0.25) is 0 Å². The number of carbonyl (C=O) groups excluding carboxylic acids is 2. The first-order valence-corrected chi connectivity index (χ1v) is 16.4. The molecule has 6 fully saturated rings. The molecular formula is C32H53N3O5. The van der Waals surface area contributed by atoms with E-state index in [9.17, 15) is 9.59 Å². The summed E-state index contributed by atoms with van der Waals surface area (Å²) < 4.78 is 18.2. The van der Waals surface area contributed by atoms with Gasteiger partial charge in [-0.25, -0.2) is 0 Å². The predicted molar refractivity (Wildman–Crippen MR) is 153 cm³/mol. The first-order chi connectivity index (χ1) is 19.3. The summed E-state index contributed by atoms with van der Waals surface area (Å²) in [7, 11) is 3.48. The number of nitrogens with zero attached hydrogens (tertiary/aromatic N) is 1. The SMILES string of the molecule is COC1CCC2C3NCCC4C5CC(OC(C)C(=O)NC6CCC(C(C)C)CC6)CCC5N(C(=O)C2C1OC)C43. The van der Waals surface area contributed by atoms with E-state index in [0.29, 0.717) is 29.7 Å². The largest absolute Gasteiger partial charge is 0.379 e. The van der Waals surface area contributed by atoms with Gasteiger partial charge in [0.2, 0.25) is 11.8 Å². The van der Waals surface area contributed by atoms with E-state index in [0.717, 1.165) is 69.7 Å². The fraction of sp³-hybridized carbons (Fsp3) is 0.938. The minimum Gasteiger partial charge on any atom is -0.379 e. The highest BCUT2D eigenvalue weighted by Crippen LogP contribution is 2.54. The zero-order valence-corrected chi connectivity index (χ0v) is 25.3. The summed E-state index contributed by atoms with van der Waals surface area (Å²) in [6, 6.07) is 1.16. The van der Waals surface area contributed by atoms with Crippen LogP contribution in [0.25, 0.3) is 0 Å². The van der Waals surface area contributed by atoms with E-state index in [1.165, 1.54) is 12.8 Å². The van der Waals surface area contributed by atoms with Gasteiger partial charge in [-0.2, -0.15) is 0 Å². The van der Waals surface area contributed by atoms with Crippen molar-refractivity contribution in [2.24, 2.45) is 35.5 Å². The van der Waals surface area contributed by atoms with Gasteiger partial charge in [-0.1, -0.05) is 13.8 Å². The molecule has 3 aliphatic carbocycles. The third-order valence-electron chi connectivity index (χ3n) is 12.1. The quantitative estimate of drug-likeness (QED) is 0.496. The minimum atomic E-state index is -0.438. The number of hydrogen-bond acceptors (Lipinski definition) is 6. The maximum atomic E-state index is 14.2. The highest BCUT2D eigenvalue weighted by atomic mass is 16.5. The van der Waals surface area contributed by atoms with Crippen LogP contribution in [0.15, 0.2) is 0 Å². The number of carbonyl (C=O) groups is 2. The third-order valence-corrected chi connectivity index (χ3v) is 12.1. The molecule has 40 heavy (non-hydrogen) atoms. The van der Waals surface area contributed by atoms with E-state index in [-0.39, 0.29) is 48.3 Å². The number of piperidine rings is 2. The molecule has 226 valence electrons. The van der Waals surface area contributed by atoms with Gasteiger partial charge in [-0.05, 0) is 107 Å². The molecule has 2 amide bonds. The molecule has 0 radical (unpaired) electrons. The summed E-state index contributed by atoms with van der Waals surface area (Å²) in [6.07, 6.45) is 9.87. The second-order valence-corrected chi connectivity index (χ2v) is 14.2. The van der Waals surface area contributed by atoms with Crippen LogP contribution in [0, 0.1) is 35.5 Å². The van der Waals surface area contributed by atoms with Crippen molar-refractivity contribution in [2.45, 2.75) is 134 Å². The zero-order valence-electron chi connectivity index (χ0n) is 25.3. The van der Waals surface area contributed by atoms with Crippen molar-refractivity contribution >= 4 is 11.8 Å². The number of fused-ring (bicyclic) bond motifs is 5. The van der Waals surface area contributed by atoms with Gasteiger partial charge in [0.1, 0.15) is 6.10 Å². The van der Waals surface area contributed by atoms with E-state index in [2.05, 4.69) is 29.4 Å². The number of amides is 2. The fourth-order valence-electron chi connectivity index (χ4n) is 10.1. The van der Waals surface area contributed by atoms with Gasteiger partial charge >= 0.3 is 0 Å². The van der Waals surface area contributed by atoms with Crippen molar-refractivity contribution in [1.29, 1.82) is 0 Å². The van der Waals surface area contributed by atoms with Crippen molar-refractivity contribution in [3.05, 3.63) is 0 Å². The Morgan fingerprint density at radius 2 is 1.70 bits per heavy atom. The van der Waals surface area contributed by atoms with E-state index >= 15 is 0 Å². The Labute approximate surface area is 241 Å². The summed E-state index contributed by atoms with van der Waals surface area (Å²) in [5.74, 6) is 2.96. The smallest absolute Gasteiger partial charge is 0.249 e. The Hall–Kier alpha value is -1.22. The molecule has 3 aliphatic heterocycles. The third kappa shape index (κ3) is 5.03. The van der Waals surface area contributed by atoms with E-state index in [1.807, 2.05) is 6.92 Å². The van der Waals surface area contributed by atoms with Gasteiger partial charge in [0.25, 0.3) is 0 Å². The van der Waals surface area contributed by atoms with Crippen LogP contribution >= 0.6 is 0 Å². The van der Waals surface area contributed by atoms with Crippen LogP contribution in [-0.4, -0.2) is 86.1 Å². The molecular weight excluding hydrogens is 506 g/mol. The van der Waals surface area contributed by atoms with Gasteiger partial charge in [0, 0.05) is 32.3 Å². The lowest BCUT2D eigenvalue weighted by Crippen LogP contribution is -2.70. The molecule has 6 rings (SSSR count). The summed E-state index contributed by atoms with van der Waals surface area (Å²) in [5.41, 5.74) is 0. The second-order valence-electron chi connectivity index (χ2n) is 14.2. The van der Waals surface area contributed by atoms with Crippen molar-refractivity contribution in [2.75, 3.05) is 20.8 Å². The molecule has 8 heteroatoms. The first-order valence-electron chi connectivity index (χ1n) is 16.4. The highest BCUT2D eigenvalue weighted by Gasteiger charge is 2.64. The van der Waals surface area contributed by atoms with E-state index in [1.54, 1.807) is 14.2 Å². The molecule has 11 unspecified atom stereocenters. The second kappa shape index (κ2) is 11.8. The molecule has 0 bridgehead atoms. The summed E-state index contributed by atoms with van der Waals surface area (Å²) in [5, 5.41) is 7.15. The normalized spacial score (nSPS) is 45.5. The van der Waals surface area contributed by atoms with Gasteiger partial charge in [-0.15, -0.1) is 0 Å². The van der Waals surface area contributed by atoms with E-state index in [4.69, 9.17) is 14.2 Å². The van der Waals surface area contributed by atoms with Crippen molar-refractivity contribution in [3.8, 4) is 0 Å². The lowest BCUT2D eigenvalue weighted by atomic mass is 9.64. The topological polar surface area (TPSA) is 89.1 Å². The number of ether oxygens (including phenoxy) is 3. The Morgan fingerprint density at radius 1 is 0.925 bits per heavy atom. The Kier molecular flexibility index (Phi) is 8.53. The van der Waals surface area contributed by atoms with Crippen molar-refractivity contribution in [3.63, 3.8) is 0 Å². The number of methoxy groups -OCH3 is 2. The molecule has 11 atom stereocenters. The standard InChI is InChI=1S/C32H53N3O5/c1-17(2)19-6-8-20(9-7-19)34-31(36)18(3)40-21-10-12-25-24(16-21)22-14-15-33-28-23-11-13-26(38-4)30(39-5)27(23)32(37)35(25)29(22)28/h17-30,33H,6-16H2,1-5H3,(H,34,36). The predicted octanol–water partition coefficient (Wildman–Crippen LogP) is 3.52. The maximum Gasteiger partial charge on any atom is 0.249 e. The fourth-order valence-corrected chi connectivity index (χ4v) is 10.1. The van der Waals surface area contributed by atoms with Crippen LogP contribution < -0.4 is 10.6 Å². The van der Waals surface area contributed by atoms with Crippen LogP contribution in [0.5, 0.6) is 0 Å². The molecule has 3 saturated carbocycles. The number of rotatable bonds is 7. The van der Waals surface area contributed by atoms with Gasteiger partial charge in [0.15, 0.2) is 0 Å². The summed E-state index contributed by atoms with van der Waals surface area (Å²) in [4.78, 5) is 29.6. The van der Waals surface area contributed by atoms with Crippen molar-refractivity contribution < 1.29 is 23.8 Å². The van der Waals surface area contributed by atoms with Gasteiger partial charge in [0.05, 0.1) is 30.3 Å². The molecule has 0 spiro atoms. The molecule has 3 saturated heterocycles. The number of hydrogen-bond donors (Lipinski definition) is 2. The zero-order chi connectivity index (χ0) is 28.1. The lowest BCUT2D eigenvalue weighted by molar-refractivity contribution is -0.175. The molecule has 0 aromatic carbocycles. The van der Waals surface area contributed by atoms with Gasteiger partial charge < -0.3 is 29.7 Å². The molecule has 8 nitrogen and oxygen atoms in total. The number of nitrogens with one attached hydrogen (secondary N) is 2. The van der Waals surface area contributed by atoms with Crippen molar-refractivity contribution in [1.82, 2.24) is 15.5 Å². The molecule has 6 aliphatic rings. The summed E-state index contributed by atoms with van der Waals surface area (Å²) >= 11 is 0. The Balaban J connectivity index is 1.10. The average molecular weight is 560 g/mol. The first kappa shape index (κ1) is 28.9. The molecule has 0 aromatic heterocycles. The molecule has 3 heterocycles. The average Bonchev–Trinajstić information content (AvgIpc) is 3.30. The highest BCUT2D eigenvalue weighted by molar-refractivity contribution is 5.83. The Bertz CT molecular complexity index is 922. The van der Waals surface area contributed by atoms with Crippen LogP contribution in [-0.2, 0) is 23.8 Å². The molecule has 2 N–H and O–H groups in total. The van der Waals surface area contributed by atoms with E-state index < -0.39 is 6.10 Å². The minimum absolute atomic E-state index is 0.0217. The summed E-state index contributed by atoms with van der Waals surface area (Å²) in [6.45, 7) is 7.55. The molecule has 0 aromatic rings. The maximum absolute atomic E-state index is 14.2.